The molecule has 0 bridgehead atoms. The molecule has 2 saturated heterocycles. The van der Waals surface area contributed by atoms with Gasteiger partial charge in [-0.15, -0.1) is 0 Å². The SMILES string of the molecule is O=C(CCc1ccco1)NCC1(N2CCOCC2)CCSC1. The third-order valence-electron chi connectivity index (χ3n) is 4.56. The number of nitrogens with zero attached hydrogens (tertiary/aromatic N) is 1. The Labute approximate surface area is 135 Å². The highest BCUT2D eigenvalue weighted by Gasteiger charge is 2.40. The zero-order valence-electron chi connectivity index (χ0n) is 12.9. The van der Waals surface area contributed by atoms with Crippen LogP contribution in [0.5, 0.6) is 0 Å². The van der Waals surface area contributed by atoms with Crippen LogP contribution in [0.1, 0.15) is 18.6 Å². The number of hydrogen-bond donors (Lipinski definition) is 1. The first-order chi connectivity index (χ1) is 10.8. The monoisotopic (exact) mass is 324 g/mol. The predicted molar refractivity (Wildman–Crippen MR) is 87.1 cm³/mol. The van der Waals surface area contributed by atoms with Crippen molar-refractivity contribution in [3.05, 3.63) is 24.2 Å². The van der Waals surface area contributed by atoms with Gasteiger partial charge in [-0.1, -0.05) is 0 Å². The highest BCUT2D eigenvalue weighted by Crippen LogP contribution is 2.33. The summed E-state index contributed by atoms with van der Waals surface area (Å²) in [6.07, 6.45) is 3.95. The van der Waals surface area contributed by atoms with Crippen molar-refractivity contribution in [2.45, 2.75) is 24.8 Å². The number of furan rings is 1. The summed E-state index contributed by atoms with van der Waals surface area (Å²) in [6, 6.07) is 3.77. The maximum atomic E-state index is 12.1. The number of thioether (sulfide) groups is 1. The van der Waals surface area contributed by atoms with Gasteiger partial charge in [0.15, 0.2) is 0 Å². The number of rotatable bonds is 6. The molecule has 1 atom stereocenters. The van der Waals surface area contributed by atoms with Crippen LogP contribution in [0.2, 0.25) is 0 Å². The van der Waals surface area contributed by atoms with Gasteiger partial charge in [-0.05, 0) is 24.3 Å². The quantitative estimate of drug-likeness (QED) is 0.860. The molecule has 2 fully saturated rings. The number of hydrogen-bond acceptors (Lipinski definition) is 5. The summed E-state index contributed by atoms with van der Waals surface area (Å²) in [4.78, 5) is 14.6. The third kappa shape index (κ3) is 3.86. The lowest BCUT2D eigenvalue weighted by atomic mass is 9.95. The Morgan fingerprint density at radius 2 is 2.27 bits per heavy atom. The van der Waals surface area contributed by atoms with Crippen LogP contribution in [-0.4, -0.2) is 60.7 Å². The molecule has 3 heterocycles. The molecule has 22 heavy (non-hydrogen) atoms. The lowest BCUT2D eigenvalue weighted by molar-refractivity contribution is -0.122. The van der Waals surface area contributed by atoms with E-state index in [0.717, 1.165) is 50.8 Å². The van der Waals surface area contributed by atoms with Crippen LogP contribution in [0.25, 0.3) is 0 Å². The third-order valence-corrected chi connectivity index (χ3v) is 5.79. The normalized spacial score (nSPS) is 26.2. The van der Waals surface area contributed by atoms with Crippen LogP contribution in [-0.2, 0) is 16.0 Å². The number of aryl methyl sites for hydroxylation is 1. The van der Waals surface area contributed by atoms with Gasteiger partial charge in [-0.3, -0.25) is 9.69 Å². The number of amides is 1. The van der Waals surface area contributed by atoms with E-state index in [2.05, 4.69) is 10.2 Å². The Morgan fingerprint density at radius 1 is 1.41 bits per heavy atom. The molecule has 1 aromatic heterocycles. The molecule has 2 aliphatic heterocycles. The van der Waals surface area contributed by atoms with E-state index in [1.54, 1.807) is 6.26 Å². The van der Waals surface area contributed by atoms with Crippen molar-refractivity contribution in [2.75, 3.05) is 44.4 Å². The van der Waals surface area contributed by atoms with E-state index in [1.165, 1.54) is 5.75 Å². The van der Waals surface area contributed by atoms with Crippen molar-refractivity contribution in [1.29, 1.82) is 0 Å². The molecule has 0 spiro atoms. The maximum absolute atomic E-state index is 12.1. The molecule has 0 radical (unpaired) electrons. The summed E-state index contributed by atoms with van der Waals surface area (Å²) < 4.78 is 10.7. The van der Waals surface area contributed by atoms with Gasteiger partial charge in [0, 0.05) is 43.8 Å². The first-order valence-corrected chi connectivity index (χ1v) is 9.14. The summed E-state index contributed by atoms with van der Waals surface area (Å²) >= 11 is 1.99. The minimum Gasteiger partial charge on any atom is -0.469 e. The van der Waals surface area contributed by atoms with Gasteiger partial charge in [0.2, 0.25) is 5.91 Å². The van der Waals surface area contributed by atoms with Crippen molar-refractivity contribution in [3.8, 4) is 0 Å². The van der Waals surface area contributed by atoms with Crippen LogP contribution in [0, 0.1) is 0 Å². The summed E-state index contributed by atoms with van der Waals surface area (Å²) in [5, 5.41) is 3.15. The van der Waals surface area contributed by atoms with Gasteiger partial charge in [-0.25, -0.2) is 0 Å². The predicted octanol–water partition coefficient (Wildman–Crippen LogP) is 1.54. The average Bonchev–Trinajstić information content (AvgIpc) is 3.24. The molecule has 0 aliphatic carbocycles. The van der Waals surface area contributed by atoms with Crippen LogP contribution in [0.15, 0.2) is 22.8 Å². The second-order valence-corrected chi connectivity index (χ2v) is 7.09. The Bertz CT molecular complexity index is 466. The largest absolute Gasteiger partial charge is 0.469 e. The molecular weight excluding hydrogens is 300 g/mol. The molecule has 6 heteroatoms. The molecule has 0 saturated carbocycles. The minimum absolute atomic E-state index is 0.112. The number of morpholine rings is 1. The summed E-state index contributed by atoms with van der Waals surface area (Å²) in [7, 11) is 0. The molecule has 122 valence electrons. The Kier molecular flexibility index (Phi) is 5.44. The molecule has 1 unspecified atom stereocenters. The number of carbonyl (C=O) groups is 1. The molecule has 2 aliphatic rings. The van der Waals surface area contributed by atoms with Crippen molar-refractivity contribution in [3.63, 3.8) is 0 Å². The van der Waals surface area contributed by atoms with Gasteiger partial charge < -0.3 is 14.5 Å². The van der Waals surface area contributed by atoms with Gasteiger partial charge in [0.25, 0.3) is 0 Å². The van der Waals surface area contributed by atoms with Crippen molar-refractivity contribution in [2.24, 2.45) is 0 Å². The lowest BCUT2D eigenvalue weighted by Crippen LogP contribution is -2.59. The average molecular weight is 324 g/mol. The Morgan fingerprint density at radius 3 is 2.95 bits per heavy atom. The van der Waals surface area contributed by atoms with E-state index < -0.39 is 0 Å². The van der Waals surface area contributed by atoms with Gasteiger partial charge >= 0.3 is 0 Å². The summed E-state index contributed by atoms with van der Waals surface area (Å²) in [5.41, 5.74) is 0.120. The number of nitrogens with one attached hydrogen (secondary N) is 1. The maximum Gasteiger partial charge on any atom is 0.220 e. The first kappa shape index (κ1) is 15.9. The van der Waals surface area contributed by atoms with Crippen molar-refractivity contribution >= 4 is 17.7 Å². The van der Waals surface area contributed by atoms with Gasteiger partial charge in [-0.2, -0.15) is 11.8 Å². The smallest absolute Gasteiger partial charge is 0.220 e. The van der Waals surface area contributed by atoms with Gasteiger partial charge in [0.1, 0.15) is 5.76 Å². The van der Waals surface area contributed by atoms with Crippen molar-refractivity contribution in [1.82, 2.24) is 10.2 Å². The highest BCUT2D eigenvalue weighted by molar-refractivity contribution is 7.99. The first-order valence-electron chi connectivity index (χ1n) is 7.98. The molecule has 1 aromatic rings. The molecule has 0 aromatic carbocycles. The van der Waals surface area contributed by atoms with Crippen LogP contribution in [0.4, 0.5) is 0 Å². The minimum atomic E-state index is 0.112. The zero-order chi connectivity index (χ0) is 15.3. The highest BCUT2D eigenvalue weighted by atomic mass is 32.2. The van der Waals surface area contributed by atoms with E-state index in [1.807, 2.05) is 23.9 Å². The molecule has 5 nitrogen and oxygen atoms in total. The van der Waals surface area contributed by atoms with E-state index in [-0.39, 0.29) is 11.4 Å². The Hall–Kier alpha value is -0.980. The second kappa shape index (κ2) is 7.53. The number of carbonyl (C=O) groups excluding carboxylic acids is 1. The fourth-order valence-electron chi connectivity index (χ4n) is 3.18. The topological polar surface area (TPSA) is 54.7 Å². The second-order valence-electron chi connectivity index (χ2n) is 5.98. The van der Waals surface area contributed by atoms with Gasteiger partial charge in [0.05, 0.1) is 19.5 Å². The van der Waals surface area contributed by atoms with Crippen molar-refractivity contribution < 1.29 is 13.9 Å². The van der Waals surface area contributed by atoms with E-state index in [4.69, 9.17) is 9.15 Å². The summed E-state index contributed by atoms with van der Waals surface area (Å²) in [6.45, 7) is 4.31. The number of ether oxygens (including phenoxy) is 1. The molecule has 1 amide bonds. The van der Waals surface area contributed by atoms with Crippen LogP contribution >= 0.6 is 11.8 Å². The Balaban J connectivity index is 1.49. The van der Waals surface area contributed by atoms with E-state index >= 15 is 0 Å². The van der Waals surface area contributed by atoms with E-state index in [0.29, 0.717) is 12.8 Å². The standard InChI is InChI=1S/C16H24N2O3S/c19-15(4-3-14-2-1-8-21-14)17-12-16(5-11-22-13-16)18-6-9-20-10-7-18/h1-2,8H,3-7,9-13H2,(H,17,19). The fraction of sp³-hybridized carbons (Fsp3) is 0.688. The molecule has 1 N–H and O–H groups in total. The summed E-state index contributed by atoms with van der Waals surface area (Å²) in [5.74, 6) is 3.26. The van der Waals surface area contributed by atoms with E-state index in [9.17, 15) is 4.79 Å². The van der Waals surface area contributed by atoms with Crippen LogP contribution in [0.3, 0.4) is 0 Å². The zero-order valence-corrected chi connectivity index (χ0v) is 13.7. The fourth-order valence-corrected chi connectivity index (χ4v) is 4.66. The van der Waals surface area contributed by atoms with Crippen LogP contribution < -0.4 is 5.32 Å². The molecule has 3 rings (SSSR count). The lowest BCUT2D eigenvalue weighted by Gasteiger charge is -2.43. The molecular formula is C16H24N2O3S.